The van der Waals surface area contributed by atoms with Gasteiger partial charge in [0.1, 0.15) is 21.4 Å². The molecule has 4 rings (SSSR count). The van der Waals surface area contributed by atoms with Gasteiger partial charge in [0.25, 0.3) is 5.91 Å². The summed E-state index contributed by atoms with van der Waals surface area (Å²) in [6.07, 6.45) is 1.63. The average Bonchev–Trinajstić information content (AvgIpc) is 3.36. The number of aliphatic carboxylic acids is 1. The van der Waals surface area contributed by atoms with E-state index in [1.54, 1.807) is 11.6 Å². The van der Waals surface area contributed by atoms with E-state index in [2.05, 4.69) is 25.8 Å². The number of β-lactam (4-membered cyclic amide) rings is 1. The van der Waals surface area contributed by atoms with Crippen molar-refractivity contribution in [3.05, 3.63) is 27.3 Å². The van der Waals surface area contributed by atoms with Gasteiger partial charge in [0.15, 0.2) is 0 Å². The molecule has 3 amide bonds. The van der Waals surface area contributed by atoms with Gasteiger partial charge in [0, 0.05) is 29.8 Å². The molecule has 1 fully saturated rings. The summed E-state index contributed by atoms with van der Waals surface area (Å²) >= 11 is 3.63. The summed E-state index contributed by atoms with van der Waals surface area (Å²) in [6, 6.07) is -0.831. The van der Waals surface area contributed by atoms with Crippen LogP contribution in [0, 0.1) is 0 Å². The number of thioether (sulfide) groups is 1. The van der Waals surface area contributed by atoms with Gasteiger partial charge in [0.2, 0.25) is 16.9 Å². The van der Waals surface area contributed by atoms with Gasteiger partial charge in [-0.25, -0.2) is 4.98 Å². The molecular formula is C16H13N6NaO5S3. The van der Waals surface area contributed by atoms with Crippen molar-refractivity contribution >= 4 is 68.8 Å². The smallest absolute Gasteiger partial charge is 0.543 e. The van der Waals surface area contributed by atoms with E-state index < -0.39 is 23.3 Å². The molecule has 1 unspecified atom stereocenters. The van der Waals surface area contributed by atoms with E-state index in [-0.39, 0.29) is 75.0 Å². The van der Waals surface area contributed by atoms with Gasteiger partial charge in [-0.15, -0.1) is 33.3 Å². The monoisotopic (exact) mass is 488 g/mol. The predicted octanol–water partition coefficient (Wildman–Crippen LogP) is -3.94. The number of carboxylic acids is 1. The van der Waals surface area contributed by atoms with Crippen LogP contribution < -0.4 is 45.3 Å². The van der Waals surface area contributed by atoms with Crippen LogP contribution in [0.15, 0.2) is 17.3 Å². The van der Waals surface area contributed by atoms with Crippen LogP contribution in [0.2, 0.25) is 0 Å². The fraction of sp³-hybridized carbons (Fsp3) is 0.312. The number of rotatable bonds is 6. The zero-order chi connectivity index (χ0) is 21.4. The summed E-state index contributed by atoms with van der Waals surface area (Å²) in [5, 5.41) is 27.0. The zero-order valence-corrected chi connectivity index (χ0v) is 20.7. The molecule has 0 aliphatic carbocycles. The van der Waals surface area contributed by atoms with Gasteiger partial charge in [-0.1, -0.05) is 11.3 Å². The van der Waals surface area contributed by atoms with Crippen LogP contribution in [0.5, 0.6) is 0 Å². The number of anilines is 1. The summed E-state index contributed by atoms with van der Waals surface area (Å²) in [4.78, 5) is 53.0. The van der Waals surface area contributed by atoms with Crippen LogP contribution >= 0.6 is 34.4 Å². The second-order valence-electron chi connectivity index (χ2n) is 6.27. The minimum Gasteiger partial charge on any atom is -0.543 e. The standard InChI is InChI=1S/C16H14N6O5S3.Na/c1-6(23)18-16-21-20-12(30-16)7-5-29-14-10(13(25)22(14)11(7)15(26)27)19-8(24)4-9-17-2-3-28-9;/h2-3,10,14H,4-5H2,1H3,(H,19,24)(H,26,27)(H,18,21,23);/q;+1/p-1/t10?,14-;/m0./s1. The maximum Gasteiger partial charge on any atom is 1.00 e. The van der Waals surface area contributed by atoms with Crippen LogP contribution in [-0.2, 0) is 25.6 Å². The number of aromatic nitrogens is 3. The van der Waals surface area contributed by atoms with E-state index in [9.17, 15) is 24.3 Å². The summed E-state index contributed by atoms with van der Waals surface area (Å²) in [5.74, 6) is -2.53. The van der Waals surface area contributed by atoms with Gasteiger partial charge in [-0.3, -0.25) is 19.3 Å². The van der Waals surface area contributed by atoms with Crippen LogP contribution in [-0.4, -0.2) is 60.9 Å². The Kier molecular flexibility index (Phi) is 7.49. The molecule has 2 aromatic heterocycles. The fourth-order valence-electron chi connectivity index (χ4n) is 3.02. The van der Waals surface area contributed by atoms with Gasteiger partial charge in [-0.2, -0.15) is 0 Å². The first-order valence-corrected chi connectivity index (χ1v) is 11.3. The van der Waals surface area contributed by atoms with Crippen molar-refractivity contribution in [3.8, 4) is 0 Å². The number of hydrogen-bond donors (Lipinski definition) is 2. The molecule has 2 N–H and O–H groups in total. The van der Waals surface area contributed by atoms with Crippen molar-refractivity contribution in [2.75, 3.05) is 11.1 Å². The summed E-state index contributed by atoms with van der Waals surface area (Å²) in [5.41, 5.74) is -0.00837. The first kappa shape index (κ1) is 23.8. The van der Waals surface area contributed by atoms with Crippen LogP contribution in [0.4, 0.5) is 5.13 Å². The van der Waals surface area contributed by atoms with Gasteiger partial charge in [-0.05, 0) is 0 Å². The second kappa shape index (κ2) is 9.75. The minimum atomic E-state index is -1.52. The first-order chi connectivity index (χ1) is 14.3. The first-order valence-electron chi connectivity index (χ1n) is 8.53. The number of carboxylic acid groups (broad SMARTS) is 1. The third-order valence-electron chi connectivity index (χ3n) is 4.24. The number of fused-ring (bicyclic) bond motifs is 1. The third kappa shape index (κ3) is 4.83. The summed E-state index contributed by atoms with van der Waals surface area (Å²) in [7, 11) is 0. The van der Waals surface area contributed by atoms with E-state index in [4.69, 9.17) is 0 Å². The summed E-state index contributed by atoms with van der Waals surface area (Å²) < 4.78 is 0. The van der Waals surface area contributed by atoms with Crippen molar-refractivity contribution in [2.45, 2.75) is 24.8 Å². The Bertz CT molecular complexity index is 1070. The van der Waals surface area contributed by atoms with Crippen LogP contribution in [0.3, 0.4) is 0 Å². The largest absolute Gasteiger partial charge is 1.00 e. The molecule has 2 aromatic rings. The molecule has 2 atom stereocenters. The Hall–Kier alpha value is -1.84. The Morgan fingerprint density at radius 2 is 2.10 bits per heavy atom. The van der Waals surface area contributed by atoms with Gasteiger partial charge >= 0.3 is 29.6 Å². The molecule has 156 valence electrons. The number of nitrogens with zero attached hydrogens (tertiary/aromatic N) is 4. The number of amides is 3. The number of thiazole rings is 1. The van der Waals surface area contributed by atoms with E-state index >= 15 is 0 Å². The molecule has 1 saturated heterocycles. The maximum atomic E-state index is 12.6. The molecule has 0 aromatic carbocycles. The number of carbonyl (C=O) groups is 4. The second-order valence-corrected chi connectivity index (χ2v) is 9.33. The van der Waals surface area contributed by atoms with Crippen molar-refractivity contribution in [2.24, 2.45) is 0 Å². The SMILES string of the molecule is CC(=O)Nc1nnc(C2=C(C(=O)[O-])N3C(=O)C(NC(=O)Cc4nccs4)[C@@H]3SC2)s1.[Na+]. The van der Waals surface area contributed by atoms with Crippen LogP contribution in [0.1, 0.15) is 16.9 Å². The Morgan fingerprint density at radius 1 is 1.32 bits per heavy atom. The van der Waals surface area contributed by atoms with E-state index in [0.29, 0.717) is 5.01 Å². The quantitative estimate of drug-likeness (QED) is 0.306. The Labute approximate surface area is 210 Å². The van der Waals surface area contributed by atoms with Crippen molar-refractivity contribution in [1.82, 2.24) is 25.4 Å². The molecule has 2 aliphatic heterocycles. The Balaban J connectivity index is 0.00000272. The van der Waals surface area contributed by atoms with Crippen molar-refractivity contribution in [3.63, 3.8) is 0 Å². The fourth-order valence-corrected chi connectivity index (χ4v) is 5.91. The topological polar surface area (TPSA) is 157 Å². The molecular weight excluding hydrogens is 475 g/mol. The molecule has 15 heteroatoms. The maximum absolute atomic E-state index is 12.6. The molecule has 4 heterocycles. The van der Waals surface area contributed by atoms with E-state index in [0.717, 1.165) is 16.2 Å². The third-order valence-corrected chi connectivity index (χ3v) is 7.20. The molecule has 0 spiro atoms. The van der Waals surface area contributed by atoms with Crippen LogP contribution in [0.25, 0.3) is 5.57 Å². The van der Waals surface area contributed by atoms with E-state index in [1.807, 2.05) is 0 Å². The van der Waals surface area contributed by atoms with Gasteiger partial charge in [0.05, 0.1) is 18.1 Å². The molecule has 11 nitrogen and oxygen atoms in total. The number of carbonyl (C=O) groups excluding carboxylic acids is 4. The van der Waals surface area contributed by atoms with Crippen molar-refractivity contribution < 1.29 is 53.8 Å². The predicted molar refractivity (Wildman–Crippen MR) is 107 cm³/mol. The molecule has 31 heavy (non-hydrogen) atoms. The molecule has 0 radical (unpaired) electrons. The molecule has 0 saturated carbocycles. The normalized spacial score (nSPS) is 19.8. The Morgan fingerprint density at radius 3 is 2.74 bits per heavy atom. The number of nitrogens with one attached hydrogen (secondary N) is 2. The zero-order valence-electron chi connectivity index (χ0n) is 16.3. The summed E-state index contributed by atoms with van der Waals surface area (Å²) in [6.45, 7) is 1.32. The van der Waals surface area contributed by atoms with Gasteiger partial charge < -0.3 is 20.5 Å². The van der Waals surface area contributed by atoms with E-state index in [1.165, 1.54) is 30.0 Å². The number of hydrogen-bond acceptors (Lipinski definition) is 11. The molecule has 0 bridgehead atoms. The average molecular weight is 489 g/mol. The van der Waals surface area contributed by atoms with Crippen molar-refractivity contribution in [1.29, 1.82) is 0 Å². The minimum absolute atomic E-state index is 0. The molecule has 2 aliphatic rings.